The predicted octanol–water partition coefficient (Wildman–Crippen LogP) is 2.96. The predicted molar refractivity (Wildman–Crippen MR) is 113 cm³/mol. The van der Waals surface area contributed by atoms with E-state index in [1.54, 1.807) is 29.2 Å². The maximum Gasteiger partial charge on any atom is 0.260 e. The number of benzene rings is 2. The molecule has 1 heterocycles. The van der Waals surface area contributed by atoms with Crippen LogP contribution in [0.2, 0.25) is 0 Å². The van der Waals surface area contributed by atoms with Crippen LogP contribution in [0.4, 0.5) is 0 Å². The normalized spacial score (nSPS) is 15.3. The Morgan fingerprint density at radius 2 is 1.72 bits per heavy atom. The van der Waals surface area contributed by atoms with Gasteiger partial charge in [-0.3, -0.25) is 4.79 Å². The Labute approximate surface area is 172 Å². The Bertz CT molecular complexity index is 963. The first-order chi connectivity index (χ1) is 13.8. The largest absolute Gasteiger partial charge is 0.483 e. The number of nitrogens with one attached hydrogen (secondary N) is 1. The highest BCUT2D eigenvalue weighted by molar-refractivity contribution is 7.89. The number of hydrogen-bond donors (Lipinski definition) is 1. The zero-order valence-electron chi connectivity index (χ0n) is 17.1. The number of carbonyl (C=O) groups excluding carboxylic acids is 1. The van der Waals surface area contributed by atoms with E-state index in [1.165, 1.54) is 0 Å². The summed E-state index contributed by atoms with van der Waals surface area (Å²) in [7, 11) is -3.55. The van der Waals surface area contributed by atoms with Gasteiger partial charge in [0.05, 0.1) is 4.90 Å². The first kappa shape index (κ1) is 21.3. The van der Waals surface area contributed by atoms with Gasteiger partial charge in [-0.1, -0.05) is 29.8 Å². The summed E-state index contributed by atoms with van der Waals surface area (Å²) in [5, 5.41) is 0. The Morgan fingerprint density at radius 1 is 1.07 bits per heavy atom. The summed E-state index contributed by atoms with van der Waals surface area (Å²) in [5.74, 6) is 0.643. The summed E-state index contributed by atoms with van der Waals surface area (Å²) < 4.78 is 33.5. The summed E-state index contributed by atoms with van der Waals surface area (Å²) in [5.41, 5.74) is 3.17. The van der Waals surface area contributed by atoms with Gasteiger partial charge in [0.25, 0.3) is 5.91 Å². The van der Waals surface area contributed by atoms with E-state index in [-0.39, 0.29) is 23.5 Å². The molecule has 1 N–H and O–H groups in total. The number of likely N-dealkylation sites (tertiary alicyclic amines) is 1. The number of rotatable bonds is 6. The molecule has 7 heteroatoms. The fraction of sp³-hybridized carbons (Fsp3) is 0.409. The molecule has 0 aliphatic carbocycles. The number of aryl methyl sites for hydroxylation is 2. The fourth-order valence-corrected chi connectivity index (χ4v) is 4.67. The van der Waals surface area contributed by atoms with Crippen LogP contribution in [0.25, 0.3) is 0 Å². The summed E-state index contributed by atoms with van der Waals surface area (Å²) in [6, 6.07) is 12.4. The lowest BCUT2D eigenvalue weighted by atomic mass is 10.1. The van der Waals surface area contributed by atoms with Crippen molar-refractivity contribution in [1.29, 1.82) is 0 Å². The SMILES string of the molecule is Cc1ccc(S(=O)(=O)NC2CCN(C(=O)COc3cccc(C)c3C)CC2)cc1. The molecule has 1 aliphatic rings. The Hall–Kier alpha value is -2.38. The molecule has 0 aromatic heterocycles. The zero-order valence-corrected chi connectivity index (χ0v) is 18.0. The van der Waals surface area contributed by atoms with E-state index < -0.39 is 10.0 Å². The molecule has 2 aromatic rings. The lowest BCUT2D eigenvalue weighted by molar-refractivity contribution is -0.134. The number of nitrogens with zero attached hydrogens (tertiary/aromatic N) is 1. The third-order valence-corrected chi connectivity index (χ3v) is 6.94. The van der Waals surface area contributed by atoms with E-state index in [2.05, 4.69) is 4.72 Å². The molecular formula is C22H28N2O4S. The van der Waals surface area contributed by atoms with Crippen LogP contribution in [-0.4, -0.2) is 45.0 Å². The van der Waals surface area contributed by atoms with Crippen molar-refractivity contribution in [2.75, 3.05) is 19.7 Å². The fourth-order valence-electron chi connectivity index (χ4n) is 3.36. The van der Waals surface area contributed by atoms with E-state index in [0.717, 1.165) is 22.4 Å². The minimum atomic E-state index is -3.55. The van der Waals surface area contributed by atoms with E-state index >= 15 is 0 Å². The molecule has 2 aromatic carbocycles. The minimum absolute atomic E-state index is 0.00987. The van der Waals surface area contributed by atoms with E-state index in [0.29, 0.717) is 25.9 Å². The number of hydrogen-bond acceptors (Lipinski definition) is 4. The Morgan fingerprint density at radius 3 is 2.38 bits per heavy atom. The molecule has 0 radical (unpaired) electrons. The zero-order chi connectivity index (χ0) is 21.0. The quantitative estimate of drug-likeness (QED) is 0.786. The van der Waals surface area contributed by atoms with Crippen molar-refractivity contribution < 1.29 is 17.9 Å². The number of carbonyl (C=O) groups is 1. The van der Waals surface area contributed by atoms with Crippen molar-refractivity contribution in [3.05, 3.63) is 59.2 Å². The highest BCUT2D eigenvalue weighted by atomic mass is 32.2. The van der Waals surface area contributed by atoms with Gasteiger partial charge < -0.3 is 9.64 Å². The first-order valence-electron chi connectivity index (χ1n) is 9.82. The van der Waals surface area contributed by atoms with Gasteiger partial charge in [-0.05, 0) is 62.9 Å². The second-order valence-corrected chi connectivity index (χ2v) is 9.29. The van der Waals surface area contributed by atoms with Crippen LogP contribution < -0.4 is 9.46 Å². The maximum absolute atomic E-state index is 12.5. The Kier molecular flexibility index (Phi) is 6.59. The smallest absolute Gasteiger partial charge is 0.260 e. The van der Waals surface area contributed by atoms with Crippen LogP contribution in [0.15, 0.2) is 47.4 Å². The average Bonchev–Trinajstić information content (AvgIpc) is 2.69. The molecule has 1 aliphatic heterocycles. The molecule has 1 saturated heterocycles. The van der Waals surface area contributed by atoms with Gasteiger partial charge >= 0.3 is 0 Å². The molecule has 0 spiro atoms. The van der Waals surface area contributed by atoms with E-state index in [1.807, 2.05) is 39.0 Å². The van der Waals surface area contributed by atoms with Gasteiger partial charge in [-0.25, -0.2) is 13.1 Å². The van der Waals surface area contributed by atoms with E-state index in [9.17, 15) is 13.2 Å². The summed E-state index contributed by atoms with van der Waals surface area (Å²) in [4.78, 5) is 14.5. The van der Waals surface area contributed by atoms with Crippen molar-refractivity contribution in [3.8, 4) is 5.75 Å². The van der Waals surface area contributed by atoms with Crippen LogP contribution in [0.5, 0.6) is 5.75 Å². The number of piperidine rings is 1. The van der Waals surface area contributed by atoms with Crippen LogP contribution in [0.3, 0.4) is 0 Å². The van der Waals surface area contributed by atoms with Crippen molar-refractivity contribution >= 4 is 15.9 Å². The van der Waals surface area contributed by atoms with E-state index in [4.69, 9.17) is 4.74 Å². The van der Waals surface area contributed by atoms with Crippen LogP contribution in [0.1, 0.15) is 29.5 Å². The summed E-state index contributed by atoms with van der Waals surface area (Å²) in [6.45, 7) is 6.91. The van der Waals surface area contributed by atoms with Gasteiger partial charge in [0.1, 0.15) is 5.75 Å². The lowest BCUT2D eigenvalue weighted by Crippen LogP contribution is -2.47. The van der Waals surface area contributed by atoms with Gasteiger partial charge in [0.2, 0.25) is 10.0 Å². The lowest BCUT2D eigenvalue weighted by Gasteiger charge is -2.32. The molecule has 1 amide bonds. The number of sulfonamides is 1. The molecule has 0 atom stereocenters. The van der Waals surface area contributed by atoms with Gasteiger partial charge in [-0.2, -0.15) is 0 Å². The summed E-state index contributed by atoms with van der Waals surface area (Å²) >= 11 is 0. The molecule has 3 rings (SSSR count). The molecule has 1 fully saturated rings. The molecule has 156 valence electrons. The van der Waals surface area contributed by atoms with Crippen LogP contribution in [-0.2, 0) is 14.8 Å². The third kappa shape index (κ3) is 5.36. The molecular weight excluding hydrogens is 388 g/mol. The second-order valence-electron chi connectivity index (χ2n) is 7.58. The van der Waals surface area contributed by atoms with Crippen molar-refractivity contribution in [2.45, 2.75) is 44.6 Å². The number of amides is 1. The van der Waals surface area contributed by atoms with Gasteiger partial charge in [-0.15, -0.1) is 0 Å². The molecule has 0 bridgehead atoms. The van der Waals surface area contributed by atoms with Crippen molar-refractivity contribution in [3.63, 3.8) is 0 Å². The molecule has 0 unspecified atom stereocenters. The minimum Gasteiger partial charge on any atom is -0.483 e. The maximum atomic E-state index is 12.5. The molecule has 0 saturated carbocycles. The Balaban J connectivity index is 1.50. The highest BCUT2D eigenvalue weighted by Gasteiger charge is 2.27. The standard InChI is InChI=1S/C22H28N2O4S/c1-16-7-9-20(10-8-16)29(26,27)23-19-11-13-24(14-12-19)22(25)15-28-21-6-4-5-17(2)18(21)3/h4-10,19,23H,11-15H2,1-3H3. The van der Waals surface area contributed by atoms with Crippen molar-refractivity contribution in [2.24, 2.45) is 0 Å². The average molecular weight is 417 g/mol. The van der Waals surface area contributed by atoms with Gasteiger partial charge in [0, 0.05) is 19.1 Å². The monoisotopic (exact) mass is 416 g/mol. The van der Waals surface area contributed by atoms with Crippen molar-refractivity contribution in [1.82, 2.24) is 9.62 Å². The molecule has 6 nitrogen and oxygen atoms in total. The third-order valence-electron chi connectivity index (χ3n) is 5.41. The topological polar surface area (TPSA) is 75.7 Å². The van der Waals surface area contributed by atoms with Gasteiger partial charge in [0.15, 0.2) is 6.61 Å². The summed E-state index contributed by atoms with van der Waals surface area (Å²) in [6.07, 6.45) is 1.17. The first-order valence-corrected chi connectivity index (χ1v) is 11.3. The molecule has 29 heavy (non-hydrogen) atoms. The van der Waals surface area contributed by atoms with Crippen LogP contribution >= 0.6 is 0 Å². The second kappa shape index (κ2) is 8.97. The van der Waals surface area contributed by atoms with Crippen LogP contribution in [0, 0.1) is 20.8 Å². The highest BCUT2D eigenvalue weighted by Crippen LogP contribution is 2.21. The number of ether oxygens (including phenoxy) is 1.